The first-order chi connectivity index (χ1) is 9.31. The van der Waals surface area contributed by atoms with Gasteiger partial charge in [-0.2, -0.15) is 0 Å². The quantitative estimate of drug-likeness (QED) is 0.864. The molecule has 0 spiro atoms. The first-order valence-electron chi connectivity index (χ1n) is 6.33. The summed E-state index contributed by atoms with van der Waals surface area (Å²) in [6.07, 6.45) is 0. The van der Waals surface area contributed by atoms with Crippen LogP contribution in [0.5, 0.6) is 0 Å². The van der Waals surface area contributed by atoms with Crippen molar-refractivity contribution in [2.75, 3.05) is 37.9 Å². The molecule has 1 rings (SSSR count). The van der Waals surface area contributed by atoms with E-state index in [0.717, 1.165) is 5.69 Å². The predicted molar refractivity (Wildman–Crippen MR) is 79.2 cm³/mol. The molecule has 0 saturated carbocycles. The minimum absolute atomic E-state index is 0.161. The molecule has 0 aliphatic carbocycles. The number of hydrogen-bond acceptors (Lipinski definition) is 3. The van der Waals surface area contributed by atoms with Crippen molar-refractivity contribution < 1.29 is 14.7 Å². The lowest BCUT2D eigenvalue weighted by Gasteiger charge is -2.20. The topological polar surface area (TPSA) is 72.9 Å². The maximum absolute atomic E-state index is 12.0. The normalized spacial score (nSPS) is 11.6. The van der Waals surface area contributed by atoms with Crippen LogP contribution in [0.4, 0.5) is 16.2 Å². The molecule has 0 fully saturated rings. The van der Waals surface area contributed by atoms with E-state index in [9.17, 15) is 9.59 Å². The lowest BCUT2D eigenvalue weighted by molar-refractivity contribution is -0.141. The molecule has 0 bridgehead atoms. The average Bonchev–Trinajstić information content (AvgIpc) is 2.38. The van der Waals surface area contributed by atoms with Crippen molar-refractivity contribution in [1.29, 1.82) is 0 Å². The van der Waals surface area contributed by atoms with Crippen LogP contribution >= 0.6 is 0 Å². The van der Waals surface area contributed by atoms with Crippen molar-refractivity contribution >= 4 is 23.4 Å². The predicted octanol–water partition coefficient (Wildman–Crippen LogP) is 1.94. The van der Waals surface area contributed by atoms with E-state index in [0.29, 0.717) is 5.69 Å². The summed E-state index contributed by atoms with van der Waals surface area (Å²) in [6, 6.07) is 7.11. The molecule has 6 nitrogen and oxygen atoms in total. The second-order valence-corrected chi connectivity index (χ2v) is 4.99. The van der Waals surface area contributed by atoms with Gasteiger partial charge in [0.25, 0.3) is 0 Å². The number of hydrogen-bond donors (Lipinski definition) is 2. The molecule has 2 N–H and O–H groups in total. The second kappa shape index (κ2) is 6.79. The highest BCUT2D eigenvalue weighted by molar-refractivity contribution is 5.90. The number of rotatable bonds is 5. The summed E-state index contributed by atoms with van der Waals surface area (Å²) in [5.74, 6) is -1.52. The van der Waals surface area contributed by atoms with Gasteiger partial charge >= 0.3 is 12.0 Å². The fourth-order valence-corrected chi connectivity index (χ4v) is 1.65. The number of carbonyl (C=O) groups excluding carboxylic acids is 1. The minimum atomic E-state index is -0.917. The van der Waals surface area contributed by atoms with E-state index in [1.54, 1.807) is 20.0 Å². The molecule has 0 aliphatic rings. The Labute approximate surface area is 119 Å². The van der Waals surface area contributed by atoms with Gasteiger partial charge in [-0.25, -0.2) is 4.79 Å². The number of nitrogens with zero attached hydrogens (tertiary/aromatic N) is 2. The number of anilines is 2. The molecular weight excluding hydrogens is 258 g/mol. The van der Waals surface area contributed by atoms with Crippen LogP contribution in [-0.2, 0) is 4.79 Å². The van der Waals surface area contributed by atoms with E-state index in [4.69, 9.17) is 5.11 Å². The van der Waals surface area contributed by atoms with Crippen molar-refractivity contribution in [3.8, 4) is 0 Å². The number of carboxylic acids is 1. The van der Waals surface area contributed by atoms with Crippen LogP contribution in [-0.4, -0.2) is 49.7 Å². The minimum Gasteiger partial charge on any atom is -0.481 e. The molecule has 0 aromatic heterocycles. The third-order valence-corrected chi connectivity index (χ3v) is 2.93. The molecule has 6 heteroatoms. The van der Waals surface area contributed by atoms with Crippen LogP contribution in [0, 0.1) is 5.92 Å². The summed E-state index contributed by atoms with van der Waals surface area (Å²) in [7, 11) is 5.41. The summed E-state index contributed by atoms with van der Waals surface area (Å²) in [5.41, 5.74) is 1.65. The average molecular weight is 279 g/mol. The van der Waals surface area contributed by atoms with Crippen molar-refractivity contribution in [2.45, 2.75) is 6.92 Å². The smallest absolute Gasteiger partial charge is 0.321 e. The summed E-state index contributed by atoms with van der Waals surface area (Å²) < 4.78 is 0. The monoisotopic (exact) mass is 279 g/mol. The molecule has 1 atom stereocenters. The highest BCUT2D eigenvalue weighted by atomic mass is 16.4. The van der Waals surface area contributed by atoms with Gasteiger partial charge in [0.1, 0.15) is 0 Å². The molecule has 2 amide bonds. The Hall–Kier alpha value is -2.24. The highest BCUT2D eigenvalue weighted by Crippen LogP contribution is 2.17. The Bertz CT molecular complexity index is 488. The van der Waals surface area contributed by atoms with Crippen LogP contribution in [0.1, 0.15) is 6.92 Å². The van der Waals surface area contributed by atoms with Gasteiger partial charge in [0, 0.05) is 39.1 Å². The van der Waals surface area contributed by atoms with Crippen LogP contribution in [0.3, 0.4) is 0 Å². The van der Waals surface area contributed by atoms with Crippen LogP contribution < -0.4 is 10.2 Å². The summed E-state index contributed by atoms with van der Waals surface area (Å²) in [4.78, 5) is 26.0. The molecule has 110 valence electrons. The van der Waals surface area contributed by atoms with Gasteiger partial charge in [-0.1, -0.05) is 13.0 Å². The third-order valence-electron chi connectivity index (χ3n) is 2.93. The molecule has 0 saturated heterocycles. The van der Waals surface area contributed by atoms with E-state index >= 15 is 0 Å². The molecule has 0 heterocycles. The Morgan fingerprint density at radius 1 is 1.30 bits per heavy atom. The zero-order valence-electron chi connectivity index (χ0n) is 12.3. The van der Waals surface area contributed by atoms with Gasteiger partial charge in [-0.15, -0.1) is 0 Å². The summed E-state index contributed by atoms with van der Waals surface area (Å²) in [6.45, 7) is 1.73. The van der Waals surface area contributed by atoms with E-state index in [-0.39, 0.29) is 12.6 Å². The van der Waals surface area contributed by atoms with Crippen LogP contribution in [0.2, 0.25) is 0 Å². The Morgan fingerprint density at radius 3 is 2.50 bits per heavy atom. The number of carbonyl (C=O) groups is 2. The van der Waals surface area contributed by atoms with Crippen molar-refractivity contribution in [3.63, 3.8) is 0 Å². The fourth-order valence-electron chi connectivity index (χ4n) is 1.65. The SMILES string of the molecule is CC(CN(C)C(=O)Nc1cccc(N(C)C)c1)C(=O)O. The van der Waals surface area contributed by atoms with E-state index in [1.807, 2.05) is 37.2 Å². The van der Waals surface area contributed by atoms with Crippen LogP contribution in [0.15, 0.2) is 24.3 Å². The van der Waals surface area contributed by atoms with Gasteiger partial charge in [0.15, 0.2) is 0 Å². The van der Waals surface area contributed by atoms with E-state index in [1.165, 1.54) is 4.90 Å². The number of urea groups is 1. The fraction of sp³-hybridized carbons (Fsp3) is 0.429. The third kappa shape index (κ3) is 4.46. The zero-order chi connectivity index (χ0) is 15.3. The number of aliphatic carboxylic acids is 1. The lowest BCUT2D eigenvalue weighted by atomic mass is 10.2. The van der Waals surface area contributed by atoms with Crippen molar-refractivity contribution in [3.05, 3.63) is 24.3 Å². The van der Waals surface area contributed by atoms with E-state index in [2.05, 4.69) is 5.32 Å². The maximum atomic E-state index is 12.0. The Kier molecular flexibility index (Phi) is 5.37. The van der Waals surface area contributed by atoms with E-state index < -0.39 is 11.9 Å². The molecule has 0 aliphatic heterocycles. The number of nitrogens with one attached hydrogen (secondary N) is 1. The van der Waals surface area contributed by atoms with Gasteiger partial charge in [-0.3, -0.25) is 4.79 Å². The van der Waals surface area contributed by atoms with Gasteiger partial charge in [0.2, 0.25) is 0 Å². The highest BCUT2D eigenvalue weighted by Gasteiger charge is 2.17. The standard InChI is InChI=1S/C14H21N3O3/c1-10(13(18)19)9-17(4)14(20)15-11-6-5-7-12(8-11)16(2)3/h5-8,10H,9H2,1-4H3,(H,15,20)(H,18,19). The molecule has 0 radical (unpaired) electrons. The summed E-state index contributed by atoms with van der Waals surface area (Å²) in [5, 5.41) is 11.6. The maximum Gasteiger partial charge on any atom is 0.321 e. The molecular formula is C14H21N3O3. The first-order valence-corrected chi connectivity index (χ1v) is 6.33. The zero-order valence-corrected chi connectivity index (χ0v) is 12.3. The Morgan fingerprint density at radius 2 is 1.95 bits per heavy atom. The van der Waals surface area contributed by atoms with Gasteiger partial charge < -0.3 is 20.2 Å². The van der Waals surface area contributed by atoms with Gasteiger partial charge in [0.05, 0.1) is 5.92 Å². The van der Waals surface area contributed by atoms with Gasteiger partial charge in [-0.05, 0) is 18.2 Å². The largest absolute Gasteiger partial charge is 0.481 e. The van der Waals surface area contributed by atoms with Crippen molar-refractivity contribution in [2.24, 2.45) is 5.92 Å². The molecule has 1 aromatic rings. The number of carboxylic acid groups (broad SMARTS) is 1. The number of amides is 2. The van der Waals surface area contributed by atoms with Crippen molar-refractivity contribution in [1.82, 2.24) is 4.90 Å². The van der Waals surface area contributed by atoms with Crippen LogP contribution in [0.25, 0.3) is 0 Å². The summed E-state index contributed by atoms with van der Waals surface area (Å²) >= 11 is 0. The first kappa shape index (κ1) is 15.8. The molecule has 1 aromatic carbocycles. The lowest BCUT2D eigenvalue weighted by Crippen LogP contribution is -2.36. The number of benzene rings is 1. The molecule has 20 heavy (non-hydrogen) atoms. The second-order valence-electron chi connectivity index (χ2n) is 4.99. The molecule has 1 unspecified atom stereocenters. The Balaban J connectivity index is 2.66.